The molecule has 0 unspecified atom stereocenters. The van der Waals surface area contributed by atoms with Crippen LogP contribution in [-0.2, 0) is 38.1 Å². The Morgan fingerprint density at radius 2 is 1.69 bits per heavy atom. The Hall–Kier alpha value is -3.48. The molecule has 1 N–H and O–H groups in total. The number of methoxy groups -OCH3 is 1. The van der Waals surface area contributed by atoms with E-state index in [4.69, 9.17) is 23.7 Å². The average Bonchev–Trinajstić information content (AvgIpc) is 2.68. The van der Waals surface area contributed by atoms with Gasteiger partial charge in [-0.3, -0.25) is 23.7 Å². The second kappa shape index (κ2) is 10.7. The summed E-state index contributed by atoms with van der Waals surface area (Å²) in [6.07, 6.45) is -3.63. The topological polar surface area (TPSA) is 161 Å². The van der Waals surface area contributed by atoms with Gasteiger partial charge in [0, 0.05) is 40.0 Å². The van der Waals surface area contributed by atoms with Gasteiger partial charge < -0.3 is 29.0 Å². The van der Waals surface area contributed by atoms with E-state index in [2.05, 4.69) is 10.3 Å². The highest BCUT2D eigenvalue weighted by atomic mass is 16.6. The molecule has 1 aliphatic heterocycles. The summed E-state index contributed by atoms with van der Waals surface area (Å²) in [5.41, 5.74) is -0.788. The molecule has 0 saturated carbocycles. The van der Waals surface area contributed by atoms with Gasteiger partial charge in [-0.05, 0) is 0 Å². The van der Waals surface area contributed by atoms with Crippen LogP contribution in [0.2, 0.25) is 0 Å². The number of hydrogen-bond donors (Lipinski definition) is 1. The summed E-state index contributed by atoms with van der Waals surface area (Å²) in [5, 5.41) is 2.57. The van der Waals surface area contributed by atoms with Crippen molar-refractivity contribution in [3.8, 4) is 5.88 Å². The lowest BCUT2D eigenvalue weighted by Crippen LogP contribution is -2.65. The van der Waals surface area contributed by atoms with E-state index >= 15 is 0 Å². The van der Waals surface area contributed by atoms with Gasteiger partial charge in [0.25, 0.3) is 0 Å². The second-order valence-electron chi connectivity index (χ2n) is 6.90. The normalized spacial score (nSPS) is 24.7. The molecule has 1 amide bonds. The van der Waals surface area contributed by atoms with Crippen molar-refractivity contribution < 1.29 is 42.9 Å². The molecule has 1 aromatic heterocycles. The summed E-state index contributed by atoms with van der Waals surface area (Å²) >= 11 is 0. The molecule has 1 saturated heterocycles. The predicted molar refractivity (Wildman–Crippen MR) is 104 cm³/mol. The highest BCUT2D eigenvalue weighted by Gasteiger charge is 2.51. The van der Waals surface area contributed by atoms with E-state index in [9.17, 15) is 24.0 Å². The van der Waals surface area contributed by atoms with E-state index < -0.39 is 60.1 Å². The van der Waals surface area contributed by atoms with E-state index in [1.54, 1.807) is 0 Å². The third-order valence-electron chi connectivity index (χ3n) is 4.38. The highest BCUT2D eigenvalue weighted by Crippen LogP contribution is 2.32. The zero-order valence-corrected chi connectivity index (χ0v) is 18.2. The molecule has 1 aromatic rings. The standard InChI is InChI=1S/C19H25N3O10/c1-9(23)20-15-17(31-12(4)26)16(30-11(3)25)13(8-29-10(2)24)32-18(15)22-7-6-14(28-5)21-19(22)27/h6-7,13,15-18H,8H2,1-5H3,(H,20,23)/t13-,15-,16-,17-,18-/m1/s1. The van der Waals surface area contributed by atoms with E-state index in [1.165, 1.54) is 33.2 Å². The van der Waals surface area contributed by atoms with Gasteiger partial charge in [-0.15, -0.1) is 0 Å². The van der Waals surface area contributed by atoms with Gasteiger partial charge in [0.2, 0.25) is 11.8 Å². The molecule has 0 radical (unpaired) electrons. The minimum atomic E-state index is -1.28. The maximum atomic E-state index is 12.6. The van der Waals surface area contributed by atoms with Crippen LogP contribution in [0, 0.1) is 0 Å². The fourth-order valence-electron chi connectivity index (χ4n) is 3.25. The van der Waals surface area contributed by atoms with Crippen LogP contribution in [0.3, 0.4) is 0 Å². The number of aromatic nitrogens is 2. The smallest absolute Gasteiger partial charge is 0.353 e. The molecule has 0 aliphatic carbocycles. The number of nitrogens with zero attached hydrogens (tertiary/aromatic N) is 2. The van der Waals surface area contributed by atoms with Crippen LogP contribution in [-0.4, -0.2) is 71.4 Å². The fourth-order valence-corrected chi connectivity index (χ4v) is 3.25. The molecule has 1 fully saturated rings. The fraction of sp³-hybridized carbons (Fsp3) is 0.579. The lowest BCUT2D eigenvalue weighted by Gasteiger charge is -2.45. The molecule has 0 bridgehead atoms. The van der Waals surface area contributed by atoms with Crippen molar-refractivity contribution in [2.24, 2.45) is 0 Å². The number of rotatable bonds is 7. The number of nitrogens with one attached hydrogen (secondary N) is 1. The largest absolute Gasteiger partial charge is 0.481 e. The zero-order chi connectivity index (χ0) is 24.0. The number of carbonyl (C=O) groups excluding carboxylic acids is 4. The molecular weight excluding hydrogens is 430 g/mol. The lowest BCUT2D eigenvalue weighted by molar-refractivity contribution is -0.238. The molecule has 32 heavy (non-hydrogen) atoms. The molecule has 5 atom stereocenters. The van der Waals surface area contributed by atoms with Crippen molar-refractivity contribution in [2.75, 3.05) is 13.7 Å². The van der Waals surface area contributed by atoms with E-state index in [1.807, 2.05) is 0 Å². The Bertz CT molecular complexity index is 930. The van der Waals surface area contributed by atoms with Gasteiger partial charge in [0.15, 0.2) is 18.4 Å². The Morgan fingerprint density at radius 3 is 2.19 bits per heavy atom. The van der Waals surface area contributed by atoms with Crippen molar-refractivity contribution >= 4 is 23.8 Å². The molecule has 176 valence electrons. The Balaban J connectivity index is 2.59. The highest BCUT2D eigenvalue weighted by molar-refractivity contribution is 5.73. The van der Waals surface area contributed by atoms with E-state index in [0.717, 1.165) is 18.4 Å². The molecule has 2 heterocycles. The van der Waals surface area contributed by atoms with Crippen molar-refractivity contribution in [3.05, 3.63) is 22.7 Å². The molecule has 1 aliphatic rings. The van der Waals surface area contributed by atoms with Gasteiger partial charge in [-0.25, -0.2) is 4.79 Å². The lowest BCUT2D eigenvalue weighted by atomic mass is 9.95. The van der Waals surface area contributed by atoms with Crippen LogP contribution in [0.15, 0.2) is 17.1 Å². The molecule has 0 spiro atoms. The monoisotopic (exact) mass is 455 g/mol. The van der Waals surface area contributed by atoms with E-state index in [0.29, 0.717) is 0 Å². The first-order chi connectivity index (χ1) is 15.0. The number of esters is 3. The molecule has 0 aromatic carbocycles. The van der Waals surface area contributed by atoms with Crippen LogP contribution in [0.25, 0.3) is 0 Å². The van der Waals surface area contributed by atoms with Crippen molar-refractivity contribution in [1.82, 2.24) is 14.9 Å². The maximum absolute atomic E-state index is 12.6. The first-order valence-corrected chi connectivity index (χ1v) is 9.57. The zero-order valence-electron chi connectivity index (χ0n) is 18.2. The summed E-state index contributed by atoms with van der Waals surface area (Å²) in [5.74, 6) is -2.59. The van der Waals surface area contributed by atoms with Crippen LogP contribution < -0.4 is 15.7 Å². The first-order valence-electron chi connectivity index (χ1n) is 9.57. The van der Waals surface area contributed by atoms with Gasteiger partial charge >= 0.3 is 23.6 Å². The molecule has 2 rings (SSSR count). The summed E-state index contributed by atoms with van der Waals surface area (Å²) in [4.78, 5) is 63.2. The van der Waals surface area contributed by atoms with Crippen LogP contribution in [0.5, 0.6) is 5.88 Å². The minimum Gasteiger partial charge on any atom is -0.481 e. The second-order valence-corrected chi connectivity index (χ2v) is 6.90. The summed E-state index contributed by atoms with van der Waals surface area (Å²) in [6, 6.07) is 0.220. The van der Waals surface area contributed by atoms with Crippen molar-refractivity contribution in [1.29, 1.82) is 0 Å². The quantitative estimate of drug-likeness (QED) is 0.400. The molecule has 13 heteroatoms. The summed E-state index contributed by atoms with van der Waals surface area (Å²) in [6.45, 7) is 4.26. The Kier molecular flexibility index (Phi) is 8.29. The number of amides is 1. The molecular formula is C19H25N3O10. The SMILES string of the molecule is COc1ccn([C@@H]2O[C@H](COC(C)=O)[C@@H](OC(C)=O)[C@H](OC(C)=O)[C@H]2NC(C)=O)c(=O)n1. The Morgan fingerprint density at radius 1 is 1.06 bits per heavy atom. The van der Waals surface area contributed by atoms with Gasteiger partial charge in [-0.1, -0.05) is 0 Å². The predicted octanol–water partition coefficient (Wildman–Crippen LogP) is -0.919. The van der Waals surface area contributed by atoms with Crippen LogP contribution >= 0.6 is 0 Å². The van der Waals surface area contributed by atoms with Crippen molar-refractivity contribution in [3.63, 3.8) is 0 Å². The number of ether oxygens (including phenoxy) is 5. The third kappa shape index (κ3) is 6.26. The first kappa shape index (κ1) is 24.8. The third-order valence-corrected chi connectivity index (χ3v) is 4.38. The number of carbonyl (C=O) groups is 4. The molecule has 13 nitrogen and oxygen atoms in total. The minimum absolute atomic E-state index is 0.0453. The van der Waals surface area contributed by atoms with Crippen LogP contribution in [0.4, 0.5) is 0 Å². The average molecular weight is 455 g/mol. The van der Waals surface area contributed by atoms with Gasteiger partial charge in [0.05, 0.1) is 7.11 Å². The van der Waals surface area contributed by atoms with Crippen LogP contribution in [0.1, 0.15) is 33.9 Å². The van der Waals surface area contributed by atoms with Gasteiger partial charge in [-0.2, -0.15) is 4.98 Å². The maximum Gasteiger partial charge on any atom is 0.353 e. The summed E-state index contributed by atoms with van der Waals surface area (Å²) < 4.78 is 27.6. The summed E-state index contributed by atoms with van der Waals surface area (Å²) in [7, 11) is 1.33. The Labute approximate surface area is 182 Å². The van der Waals surface area contributed by atoms with E-state index in [-0.39, 0.29) is 12.5 Å². The number of hydrogen-bond acceptors (Lipinski definition) is 11. The van der Waals surface area contributed by atoms with Gasteiger partial charge in [0.1, 0.15) is 18.8 Å². The van der Waals surface area contributed by atoms with Crippen molar-refractivity contribution in [2.45, 2.75) is 58.3 Å².